The van der Waals surface area contributed by atoms with Crippen molar-refractivity contribution in [1.29, 1.82) is 0 Å². The van der Waals surface area contributed by atoms with Gasteiger partial charge in [0.1, 0.15) is 0 Å². The van der Waals surface area contributed by atoms with Crippen molar-refractivity contribution >= 4 is 11.8 Å². The van der Waals surface area contributed by atoms with Crippen LogP contribution in [0.1, 0.15) is 26.2 Å². The van der Waals surface area contributed by atoms with E-state index in [0.717, 1.165) is 12.2 Å². The number of hydrogen-bond donors (Lipinski definition) is 1. The molecule has 0 spiro atoms. The maximum Gasteiger partial charge on any atom is 0.0584 e. The summed E-state index contributed by atoms with van der Waals surface area (Å²) in [5.74, 6) is 2.92. The molecular weight excluding hydrogens is 144 g/mol. The number of rotatable bonds is 2. The van der Waals surface area contributed by atoms with E-state index in [4.69, 9.17) is 0 Å². The normalized spacial score (nSPS) is 34.2. The summed E-state index contributed by atoms with van der Waals surface area (Å²) >= 11 is 1.99. The molecule has 1 fully saturated rings. The van der Waals surface area contributed by atoms with E-state index in [1.54, 1.807) is 0 Å². The van der Waals surface area contributed by atoms with E-state index in [-0.39, 0.29) is 6.10 Å². The Morgan fingerprint density at radius 3 is 3.00 bits per heavy atom. The first kappa shape index (κ1) is 8.41. The van der Waals surface area contributed by atoms with Crippen LogP contribution in [0.4, 0.5) is 0 Å². The molecule has 0 bridgehead atoms. The molecule has 10 heavy (non-hydrogen) atoms. The lowest BCUT2D eigenvalue weighted by Crippen LogP contribution is -2.27. The first-order valence-electron chi connectivity index (χ1n) is 4.10. The predicted octanol–water partition coefficient (Wildman–Crippen LogP) is 1.90. The van der Waals surface area contributed by atoms with Crippen LogP contribution in [-0.2, 0) is 0 Å². The highest BCUT2D eigenvalue weighted by molar-refractivity contribution is 7.99. The van der Waals surface area contributed by atoms with Crippen LogP contribution in [0, 0.1) is 5.92 Å². The van der Waals surface area contributed by atoms with E-state index >= 15 is 0 Å². The van der Waals surface area contributed by atoms with Crippen LogP contribution < -0.4 is 0 Å². The smallest absolute Gasteiger partial charge is 0.0584 e. The number of thioether (sulfide) groups is 1. The Labute approximate surface area is 67.2 Å². The monoisotopic (exact) mass is 160 g/mol. The minimum Gasteiger partial charge on any atom is -0.393 e. The summed E-state index contributed by atoms with van der Waals surface area (Å²) in [5.41, 5.74) is 0. The van der Waals surface area contributed by atoms with Gasteiger partial charge in [0.15, 0.2) is 0 Å². The van der Waals surface area contributed by atoms with E-state index in [2.05, 4.69) is 6.92 Å². The Bertz CT molecular complexity index is 93.3. The maximum atomic E-state index is 9.49. The van der Waals surface area contributed by atoms with Gasteiger partial charge >= 0.3 is 0 Å². The van der Waals surface area contributed by atoms with Crippen LogP contribution >= 0.6 is 11.8 Å². The summed E-state index contributed by atoms with van der Waals surface area (Å²) in [5, 5.41) is 9.49. The fourth-order valence-electron chi connectivity index (χ4n) is 1.43. The lowest BCUT2D eigenvalue weighted by Gasteiger charge is -2.26. The molecule has 0 radical (unpaired) electrons. The third-order valence-electron chi connectivity index (χ3n) is 2.09. The second-order valence-electron chi connectivity index (χ2n) is 2.98. The lowest BCUT2D eigenvalue weighted by atomic mass is 9.97. The summed E-state index contributed by atoms with van der Waals surface area (Å²) in [6, 6.07) is 0. The molecular formula is C8H16OS. The van der Waals surface area contributed by atoms with Crippen LogP contribution in [-0.4, -0.2) is 22.7 Å². The first-order chi connectivity index (χ1) is 4.84. The van der Waals surface area contributed by atoms with Gasteiger partial charge in [0, 0.05) is 0 Å². The zero-order chi connectivity index (χ0) is 7.40. The third-order valence-corrected chi connectivity index (χ3v) is 3.28. The van der Waals surface area contributed by atoms with E-state index in [1.807, 2.05) is 11.8 Å². The summed E-state index contributed by atoms with van der Waals surface area (Å²) < 4.78 is 0. The molecule has 0 unspecified atom stereocenters. The molecule has 1 saturated heterocycles. The molecule has 1 rings (SSSR count). The lowest BCUT2D eigenvalue weighted by molar-refractivity contribution is 0.107. The Morgan fingerprint density at radius 1 is 1.60 bits per heavy atom. The van der Waals surface area contributed by atoms with Gasteiger partial charge in [-0.25, -0.2) is 0 Å². The molecule has 1 heterocycles. The Hall–Kier alpha value is 0.310. The van der Waals surface area contributed by atoms with Crippen molar-refractivity contribution in [3.8, 4) is 0 Å². The van der Waals surface area contributed by atoms with Crippen molar-refractivity contribution in [3.05, 3.63) is 0 Å². The molecule has 0 aromatic carbocycles. The molecule has 1 aliphatic rings. The molecule has 1 N–H and O–H groups in total. The van der Waals surface area contributed by atoms with Crippen molar-refractivity contribution < 1.29 is 5.11 Å². The maximum absolute atomic E-state index is 9.49. The highest BCUT2D eigenvalue weighted by Crippen LogP contribution is 2.26. The molecule has 2 atom stereocenters. The van der Waals surface area contributed by atoms with Gasteiger partial charge in [-0.2, -0.15) is 11.8 Å². The van der Waals surface area contributed by atoms with Gasteiger partial charge in [0.2, 0.25) is 0 Å². The average molecular weight is 160 g/mol. The van der Waals surface area contributed by atoms with E-state index < -0.39 is 0 Å². The highest BCUT2D eigenvalue weighted by atomic mass is 32.2. The quantitative estimate of drug-likeness (QED) is 0.666. The second kappa shape index (κ2) is 4.24. The molecule has 0 aliphatic carbocycles. The summed E-state index contributed by atoms with van der Waals surface area (Å²) in [6.07, 6.45) is 3.42. The van der Waals surface area contributed by atoms with Gasteiger partial charge in [-0.1, -0.05) is 13.3 Å². The molecule has 0 aromatic heterocycles. The largest absolute Gasteiger partial charge is 0.393 e. The van der Waals surface area contributed by atoms with Crippen LogP contribution in [0.5, 0.6) is 0 Å². The van der Waals surface area contributed by atoms with Gasteiger partial charge in [0.05, 0.1) is 6.10 Å². The number of aliphatic hydroxyl groups is 1. The average Bonchev–Trinajstić information content (AvgIpc) is 1.94. The number of hydrogen-bond acceptors (Lipinski definition) is 2. The van der Waals surface area contributed by atoms with Crippen LogP contribution in [0.3, 0.4) is 0 Å². The molecule has 0 amide bonds. The Balaban J connectivity index is 2.25. The van der Waals surface area contributed by atoms with E-state index in [1.165, 1.54) is 18.6 Å². The molecule has 1 aliphatic heterocycles. The SMILES string of the molecule is CCC[C@H]1CSCC[C@@H]1O. The molecule has 2 heteroatoms. The molecule has 1 nitrogen and oxygen atoms in total. The minimum atomic E-state index is 0.00111. The van der Waals surface area contributed by atoms with Gasteiger partial charge in [-0.05, 0) is 30.3 Å². The van der Waals surface area contributed by atoms with Gasteiger partial charge in [-0.3, -0.25) is 0 Å². The molecule has 0 aromatic rings. The summed E-state index contributed by atoms with van der Waals surface area (Å²) in [4.78, 5) is 0. The topological polar surface area (TPSA) is 20.2 Å². The van der Waals surface area contributed by atoms with Crippen molar-refractivity contribution in [1.82, 2.24) is 0 Å². The van der Waals surface area contributed by atoms with Crippen LogP contribution in [0.2, 0.25) is 0 Å². The van der Waals surface area contributed by atoms with Crippen molar-refractivity contribution in [2.24, 2.45) is 5.92 Å². The summed E-state index contributed by atoms with van der Waals surface area (Å²) in [7, 11) is 0. The highest BCUT2D eigenvalue weighted by Gasteiger charge is 2.21. The van der Waals surface area contributed by atoms with Crippen LogP contribution in [0.15, 0.2) is 0 Å². The second-order valence-corrected chi connectivity index (χ2v) is 4.13. The van der Waals surface area contributed by atoms with Crippen molar-refractivity contribution in [2.75, 3.05) is 11.5 Å². The minimum absolute atomic E-state index is 0.00111. The molecule has 0 saturated carbocycles. The van der Waals surface area contributed by atoms with Crippen LogP contribution in [0.25, 0.3) is 0 Å². The molecule has 60 valence electrons. The fraction of sp³-hybridized carbons (Fsp3) is 1.00. The van der Waals surface area contributed by atoms with E-state index in [0.29, 0.717) is 5.92 Å². The summed E-state index contributed by atoms with van der Waals surface area (Å²) in [6.45, 7) is 2.19. The standard InChI is InChI=1S/C8H16OS/c1-2-3-7-6-10-5-4-8(7)9/h7-9H,2-6H2,1H3/t7-,8-/m0/s1. The van der Waals surface area contributed by atoms with Gasteiger partial charge in [-0.15, -0.1) is 0 Å². The zero-order valence-corrected chi connectivity index (χ0v) is 7.36. The Morgan fingerprint density at radius 2 is 2.40 bits per heavy atom. The third kappa shape index (κ3) is 2.17. The van der Waals surface area contributed by atoms with E-state index in [9.17, 15) is 5.11 Å². The zero-order valence-electron chi connectivity index (χ0n) is 6.55. The van der Waals surface area contributed by atoms with Crippen molar-refractivity contribution in [3.63, 3.8) is 0 Å². The number of aliphatic hydroxyl groups excluding tert-OH is 1. The van der Waals surface area contributed by atoms with Gasteiger partial charge in [0.25, 0.3) is 0 Å². The van der Waals surface area contributed by atoms with Gasteiger partial charge < -0.3 is 5.11 Å². The first-order valence-corrected chi connectivity index (χ1v) is 5.26. The Kier molecular flexibility index (Phi) is 3.57. The fourth-order valence-corrected chi connectivity index (χ4v) is 2.70. The predicted molar refractivity (Wildman–Crippen MR) is 46.3 cm³/mol. The van der Waals surface area contributed by atoms with Crippen molar-refractivity contribution in [2.45, 2.75) is 32.3 Å².